The van der Waals surface area contributed by atoms with Crippen LogP contribution in [-0.2, 0) is 6.54 Å². The van der Waals surface area contributed by atoms with Gasteiger partial charge in [0.05, 0.1) is 20.3 Å². The van der Waals surface area contributed by atoms with E-state index in [4.69, 9.17) is 15.2 Å². The molecule has 0 saturated heterocycles. The summed E-state index contributed by atoms with van der Waals surface area (Å²) in [5, 5.41) is 4.83. The van der Waals surface area contributed by atoms with Crippen LogP contribution in [0.25, 0.3) is 0 Å². The van der Waals surface area contributed by atoms with Crippen LogP contribution >= 0.6 is 11.3 Å². The highest BCUT2D eigenvalue weighted by atomic mass is 32.1. The number of nitrogens with two attached hydrogens (primary N) is 1. The lowest BCUT2D eigenvalue weighted by molar-refractivity contribution is 0.102. The van der Waals surface area contributed by atoms with Gasteiger partial charge in [0.1, 0.15) is 10.7 Å². The van der Waals surface area contributed by atoms with Crippen molar-refractivity contribution in [2.45, 2.75) is 6.54 Å². The third-order valence-electron chi connectivity index (χ3n) is 2.28. The van der Waals surface area contributed by atoms with Crippen molar-refractivity contribution in [2.75, 3.05) is 19.5 Å². The fourth-order valence-corrected chi connectivity index (χ4v) is 2.00. The van der Waals surface area contributed by atoms with Crippen LogP contribution in [0.4, 0.5) is 5.95 Å². The third kappa shape index (κ3) is 3.19. The molecule has 2 rings (SSSR count). The second kappa shape index (κ2) is 6.26. The SMILES string of the molecule is COc1cc(OC)nc(NC(=O)c2csc(CN)n2)n1. The summed E-state index contributed by atoms with van der Waals surface area (Å²) in [5.41, 5.74) is 5.71. The molecule has 0 aliphatic rings. The first kappa shape index (κ1) is 14.2. The number of methoxy groups -OCH3 is 2. The molecule has 0 radical (unpaired) electrons. The Morgan fingerprint density at radius 1 is 1.30 bits per heavy atom. The van der Waals surface area contributed by atoms with E-state index in [9.17, 15) is 4.79 Å². The zero-order chi connectivity index (χ0) is 14.5. The Labute approximate surface area is 119 Å². The Kier molecular flexibility index (Phi) is 4.43. The molecule has 0 fully saturated rings. The fourth-order valence-electron chi connectivity index (χ4n) is 1.34. The Hall–Kier alpha value is -2.26. The summed E-state index contributed by atoms with van der Waals surface area (Å²) in [6.07, 6.45) is 0. The normalized spacial score (nSPS) is 10.2. The molecule has 2 aromatic rings. The Morgan fingerprint density at radius 2 is 1.95 bits per heavy atom. The minimum Gasteiger partial charge on any atom is -0.481 e. The van der Waals surface area contributed by atoms with Crippen LogP contribution in [0.5, 0.6) is 11.8 Å². The van der Waals surface area contributed by atoms with Crippen LogP contribution in [0.15, 0.2) is 11.4 Å². The molecule has 0 spiro atoms. The van der Waals surface area contributed by atoms with Crippen LogP contribution < -0.4 is 20.5 Å². The van der Waals surface area contributed by atoms with Gasteiger partial charge in [0.15, 0.2) is 0 Å². The first-order valence-electron chi connectivity index (χ1n) is 5.59. The van der Waals surface area contributed by atoms with E-state index in [1.807, 2.05) is 0 Å². The Balaban J connectivity index is 2.18. The number of rotatable bonds is 5. The molecule has 0 unspecified atom stereocenters. The highest BCUT2D eigenvalue weighted by Crippen LogP contribution is 2.18. The second-order valence-electron chi connectivity index (χ2n) is 3.56. The average molecular weight is 295 g/mol. The van der Waals surface area contributed by atoms with Gasteiger partial charge >= 0.3 is 0 Å². The van der Waals surface area contributed by atoms with Crippen LogP contribution in [0.3, 0.4) is 0 Å². The van der Waals surface area contributed by atoms with Crippen LogP contribution in [0, 0.1) is 0 Å². The van der Waals surface area contributed by atoms with Crippen LogP contribution in [-0.4, -0.2) is 35.1 Å². The maximum atomic E-state index is 12.0. The number of anilines is 1. The summed E-state index contributed by atoms with van der Waals surface area (Å²) in [7, 11) is 2.92. The molecule has 2 aromatic heterocycles. The van der Waals surface area contributed by atoms with Crippen molar-refractivity contribution in [2.24, 2.45) is 5.73 Å². The molecule has 106 valence electrons. The van der Waals surface area contributed by atoms with Crippen molar-refractivity contribution in [3.05, 3.63) is 22.1 Å². The molecule has 9 heteroatoms. The number of amides is 1. The monoisotopic (exact) mass is 295 g/mol. The maximum absolute atomic E-state index is 12.0. The topological polar surface area (TPSA) is 112 Å². The molecule has 3 N–H and O–H groups in total. The summed E-state index contributed by atoms with van der Waals surface area (Å²) in [6.45, 7) is 0.293. The van der Waals surface area contributed by atoms with E-state index in [-0.39, 0.29) is 23.4 Å². The van der Waals surface area contributed by atoms with Gasteiger partial charge in [0.2, 0.25) is 17.7 Å². The minimum atomic E-state index is -0.420. The summed E-state index contributed by atoms with van der Waals surface area (Å²) in [5.74, 6) is 0.228. The van der Waals surface area contributed by atoms with Crippen LogP contribution in [0.1, 0.15) is 15.5 Å². The minimum absolute atomic E-state index is 0.0773. The molecule has 20 heavy (non-hydrogen) atoms. The number of hydrogen-bond acceptors (Lipinski definition) is 8. The van der Waals surface area contributed by atoms with Gasteiger partial charge in [-0.25, -0.2) is 4.98 Å². The summed E-state index contributed by atoms with van der Waals surface area (Å²) in [6, 6.07) is 1.50. The summed E-state index contributed by atoms with van der Waals surface area (Å²) >= 11 is 1.32. The second-order valence-corrected chi connectivity index (χ2v) is 4.50. The lowest BCUT2D eigenvalue weighted by atomic mass is 10.4. The van der Waals surface area contributed by atoms with Crippen molar-refractivity contribution in [3.8, 4) is 11.8 Å². The van der Waals surface area contributed by atoms with E-state index in [1.54, 1.807) is 5.38 Å². The Morgan fingerprint density at radius 3 is 2.45 bits per heavy atom. The smallest absolute Gasteiger partial charge is 0.277 e. The number of aromatic nitrogens is 3. The number of ether oxygens (including phenoxy) is 2. The number of thiazole rings is 1. The van der Waals surface area contributed by atoms with E-state index in [1.165, 1.54) is 31.6 Å². The van der Waals surface area contributed by atoms with Crippen molar-refractivity contribution < 1.29 is 14.3 Å². The zero-order valence-electron chi connectivity index (χ0n) is 10.9. The van der Waals surface area contributed by atoms with E-state index in [0.717, 1.165) is 0 Å². The number of nitrogens with one attached hydrogen (secondary N) is 1. The fraction of sp³-hybridized carbons (Fsp3) is 0.273. The molecular weight excluding hydrogens is 282 g/mol. The molecule has 1 amide bonds. The zero-order valence-corrected chi connectivity index (χ0v) is 11.7. The number of nitrogens with zero attached hydrogens (tertiary/aromatic N) is 3. The number of carbonyl (C=O) groups excluding carboxylic acids is 1. The van der Waals surface area contributed by atoms with Gasteiger partial charge in [0.25, 0.3) is 5.91 Å². The van der Waals surface area contributed by atoms with E-state index in [0.29, 0.717) is 11.6 Å². The van der Waals surface area contributed by atoms with E-state index < -0.39 is 5.91 Å². The number of carbonyl (C=O) groups is 1. The van der Waals surface area contributed by atoms with Gasteiger partial charge in [-0.15, -0.1) is 11.3 Å². The van der Waals surface area contributed by atoms with E-state index in [2.05, 4.69) is 20.3 Å². The highest BCUT2D eigenvalue weighted by Gasteiger charge is 2.13. The molecule has 0 saturated carbocycles. The highest BCUT2D eigenvalue weighted by molar-refractivity contribution is 7.09. The molecular formula is C11H13N5O3S. The molecule has 0 aromatic carbocycles. The van der Waals surface area contributed by atoms with Gasteiger partial charge in [-0.1, -0.05) is 0 Å². The average Bonchev–Trinajstić information content (AvgIpc) is 2.95. The maximum Gasteiger partial charge on any atom is 0.277 e. The molecule has 0 aliphatic heterocycles. The van der Waals surface area contributed by atoms with Crippen molar-refractivity contribution in [1.29, 1.82) is 0 Å². The van der Waals surface area contributed by atoms with Gasteiger partial charge in [0, 0.05) is 11.9 Å². The van der Waals surface area contributed by atoms with Gasteiger partial charge in [-0.05, 0) is 0 Å². The lowest BCUT2D eigenvalue weighted by Gasteiger charge is -2.06. The van der Waals surface area contributed by atoms with Gasteiger partial charge in [-0.2, -0.15) is 9.97 Å². The molecule has 8 nitrogen and oxygen atoms in total. The van der Waals surface area contributed by atoms with Gasteiger partial charge < -0.3 is 15.2 Å². The van der Waals surface area contributed by atoms with Crippen molar-refractivity contribution in [1.82, 2.24) is 15.0 Å². The van der Waals surface area contributed by atoms with Crippen molar-refractivity contribution in [3.63, 3.8) is 0 Å². The molecule has 2 heterocycles. The largest absolute Gasteiger partial charge is 0.481 e. The quantitative estimate of drug-likeness (QED) is 0.833. The first-order valence-corrected chi connectivity index (χ1v) is 6.47. The molecule has 0 aliphatic carbocycles. The predicted molar refractivity (Wildman–Crippen MR) is 73.1 cm³/mol. The Bertz CT molecular complexity index is 594. The van der Waals surface area contributed by atoms with Gasteiger partial charge in [-0.3, -0.25) is 10.1 Å². The first-order chi connectivity index (χ1) is 9.66. The summed E-state index contributed by atoms with van der Waals surface area (Å²) in [4.78, 5) is 24.0. The standard InChI is InChI=1S/C11H13N5O3S/c1-18-7-3-8(19-2)15-11(14-7)16-10(17)6-5-20-9(4-12)13-6/h3,5H,4,12H2,1-2H3,(H,14,15,16,17). The number of hydrogen-bond donors (Lipinski definition) is 2. The van der Waals surface area contributed by atoms with E-state index >= 15 is 0 Å². The lowest BCUT2D eigenvalue weighted by Crippen LogP contribution is -2.15. The summed E-state index contributed by atoms with van der Waals surface area (Å²) < 4.78 is 9.99. The molecule has 0 bridgehead atoms. The molecule has 0 atom stereocenters. The predicted octanol–water partition coefficient (Wildman–Crippen LogP) is 0.661. The van der Waals surface area contributed by atoms with Crippen molar-refractivity contribution >= 4 is 23.2 Å². The van der Waals surface area contributed by atoms with Crippen LogP contribution in [0.2, 0.25) is 0 Å². The third-order valence-corrected chi connectivity index (χ3v) is 3.15.